The molecule has 4 heteroatoms. The van der Waals surface area contributed by atoms with E-state index in [1.807, 2.05) is 0 Å². The van der Waals surface area contributed by atoms with Crippen LogP contribution < -0.4 is 0 Å². The summed E-state index contributed by atoms with van der Waals surface area (Å²) in [5, 5.41) is 0. The Hall–Kier alpha value is 3.16. The first-order valence-corrected chi connectivity index (χ1v) is 0.866. The molecule has 0 atom stereocenters. The summed E-state index contributed by atoms with van der Waals surface area (Å²) < 4.78 is 8.28. The van der Waals surface area contributed by atoms with Gasteiger partial charge in [0.15, 0.2) is 0 Å². The second kappa shape index (κ2) is 16.4. The molecule has 18 valence electrons. The molecule has 0 heterocycles. The van der Waals surface area contributed by atoms with Gasteiger partial charge in [0.25, 0.3) is 0 Å². The zero-order valence-corrected chi connectivity index (χ0v) is 2.53. The van der Waals surface area contributed by atoms with Crippen LogP contribution in [0.5, 0.6) is 0 Å². The van der Waals surface area contributed by atoms with Crippen molar-refractivity contribution in [2.75, 3.05) is 0 Å². The summed E-state index contributed by atoms with van der Waals surface area (Å²) in [5.41, 5.74) is 0. The van der Waals surface area contributed by atoms with E-state index >= 15 is 0 Å². The number of rotatable bonds is 0. The SMILES string of the molecule is [BaH2].[CaH2].[O]=[AlH]. The van der Waals surface area contributed by atoms with Gasteiger partial charge < -0.3 is 0 Å². The Kier molecular flexibility index (Phi) is 64.4. The first-order chi connectivity index (χ1) is 1.00. The van der Waals surface area contributed by atoms with Crippen molar-refractivity contribution in [1.29, 1.82) is 0 Å². The molecule has 0 aliphatic heterocycles. The van der Waals surface area contributed by atoms with Gasteiger partial charge >= 0.3 is 107 Å². The van der Waals surface area contributed by atoms with Crippen molar-refractivity contribution in [1.82, 2.24) is 0 Å². The van der Waals surface area contributed by atoms with Gasteiger partial charge in [-0.2, -0.15) is 0 Å². The van der Waals surface area contributed by atoms with Gasteiger partial charge in [-0.05, 0) is 0 Å². The molecule has 0 amide bonds. The molecule has 0 aliphatic carbocycles. The van der Waals surface area contributed by atoms with Crippen LogP contribution in [0.25, 0.3) is 0 Å². The van der Waals surface area contributed by atoms with E-state index in [4.69, 9.17) is 3.80 Å². The molecule has 0 saturated heterocycles. The van der Waals surface area contributed by atoms with E-state index in [1.165, 1.54) is 0 Å². The van der Waals surface area contributed by atoms with Crippen LogP contribution in [-0.4, -0.2) is 103 Å². The van der Waals surface area contributed by atoms with Gasteiger partial charge in [-0.3, -0.25) is 0 Å². The maximum absolute atomic E-state index is 8.28. The van der Waals surface area contributed by atoms with Crippen molar-refractivity contribution in [3.05, 3.63) is 0 Å². The van der Waals surface area contributed by atoms with Gasteiger partial charge in [0.05, 0.1) is 0 Å². The summed E-state index contributed by atoms with van der Waals surface area (Å²) in [5.74, 6) is 0. The quantitative estimate of drug-likeness (QED) is 0.413. The van der Waals surface area contributed by atoms with Crippen LogP contribution in [0.15, 0.2) is 0 Å². The third-order valence-electron chi connectivity index (χ3n) is 0. The molecular weight excluding hydrogens is 220 g/mol. The summed E-state index contributed by atoms with van der Waals surface area (Å²) in [6, 6.07) is 0. The first-order valence-electron chi connectivity index (χ1n) is 0.289. The molecule has 0 unspecified atom stereocenters. The maximum atomic E-state index is 8.28. The fourth-order valence-corrected chi connectivity index (χ4v) is 0. The van der Waals surface area contributed by atoms with E-state index in [9.17, 15) is 0 Å². The summed E-state index contributed by atoms with van der Waals surface area (Å²) in [6.45, 7) is 0. The molecule has 0 aromatic heterocycles. The molecular formula is H5AlBaCaO. The summed E-state index contributed by atoms with van der Waals surface area (Å²) in [7, 11) is 0. The van der Waals surface area contributed by atoms with Crippen molar-refractivity contribution in [2.45, 2.75) is 0 Å². The molecule has 0 N–H and O–H groups in total. The van der Waals surface area contributed by atoms with Crippen LogP contribution in [-0.2, 0) is 3.80 Å². The van der Waals surface area contributed by atoms with Crippen LogP contribution in [0.3, 0.4) is 0 Å². The predicted molar refractivity (Wildman–Crippen MR) is 24.9 cm³/mol. The molecule has 4 heavy (non-hydrogen) atoms. The first kappa shape index (κ1) is 15.7. The van der Waals surface area contributed by atoms with Gasteiger partial charge in [0, 0.05) is 0 Å². The van der Waals surface area contributed by atoms with Crippen molar-refractivity contribution in [3.8, 4) is 0 Å². The summed E-state index contributed by atoms with van der Waals surface area (Å²) in [4.78, 5) is 0. The minimum atomic E-state index is 0. The predicted octanol–water partition coefficient (Wildman–Crippen LogP) is -2.60. The fourth-order valence-electron chi connectivity index (χ4n) is 0. The minimum absolute atomic E-state index is 0. The van der Waals surface area contributed by atoms with Crippen LogP contribution in [0, 0.1) is 0 Å². The second-order valence-electron chi connectivity index (χ2n) is 0. The van der Waals surface area contributed by atoms with Gasteiger partial charge in [-0.1, -0.05) is 0 Å². The second-order valence-corrected chi connectivity index (χ2v) is 0. The number of hydrogen-bond acceptors (Lipinski definition) is 1. The Bertz CT molecular complexity index is 8.00. The third kappa shape index (κ3) is 8.94. The topological polar surface area (TPSA) is 17.1 Å². The van der Waals surface area contributed by atoms with Gasteiger partial charge in [0.1, 0.15) is 0 Å². The van der Waals surface area contributed by atoms with Crippen LogP contribution in [0.2, 0.25) is 0 Å². The molecule has 1 nitrogen and oxygen atoms in total. The van der Waals surface area contributed by atoms with E-state index in [0.717, 1.165) is 0 Å². The Morgan fingerprint density at radius 2 is 1.25 bits per heavy atom. The van der Waals surface area contributed by atoms with Crippen molar-refractivity contribution in [2.24, 2.45) is 0 Å². The van der Waals surface area contributed by atoms with E-state index in [0.29, 0.717) is 16.2 Å². The molecule has 0 saturated carbocycles. The Balaban J connectivity index is -0.00000000500. The molecule has 0 aromatic rings. The van der Waals surface area contributed by atoms with Crippen LogP contribution in [0.4, 0.5) is 0 Å². The van der Waals surface area contributed by atoms with Crippen molar-refractivity contribution >= 4 is 103 Å². The van der Waals surface area contributed by atoms with Crippen molar-refractivity contribution < 1.29 is 3.80 Å². The Labute approximate surface area is 104 Å². The molecule has 0 spiro atoms. The summed E-state index contributed by atoms with van der Waals surface area (Å²) in [6.07, 6.45) is 0. The zero-order valence-electron chi connectivity index (χ0n) is 1.12. The molecule has 0 aliphatic rings. The van der Waals surface area contributed by atoms with Gasteiger partial charge in [0.2, 0.25) is 0 Å². The molecule has 0 aromatic carbocycles. The molecule has 0 rings (SSSR count). The van der Waals surface area contributed by atoms with Crippen LogP contribution in [0.1, 0.15) is 0 Å². The Morgan fingerprint density at radius 1 is 1.25 bits per heavy atom. The van der Waals surface area contributed by atoms with E-state index in [1.54, 1.807) is 0 Å². The number of hydrogen-bond donors (Lipinski definition) is 0. The monoisotopic (exact) mass is 226 g/mol. The van der Waals surface area contributed by atoms with Gasteiger partial charge in [-0.25, -0.2) is 0 Å². The molecule has 0 fully saturated rings. The van der Waals surface area contributed by atoms with E-state index in [2.05, 4.69) is 0 Å². The third-order valence-corrected chi connectivity index (χ3v) is 0. The van der Waals surface area contributed by atoms with Crippen molar-refractivity contribution in [3.63, 3.8) is 0 Å². The zero-order chi connectivity index (χ0) is 2.00. The average Bonchev–Trinajstić information content (AvgIpc) is 1.00. The molecule has 0 bridgehead atoms. The fraction of sp³-hybridized carbons (Fsp3) is 0. The van der Waals surface area contributed by atoms with E-state index in [-0.39, 0.29) is 86.6 Å². The summed E-state index contributed by atoms with van der Waals surface area (Å²) >= 11 is 0.611. The average molecular weight is 225 g/mol. The van der Waals surface area contributed by atoms with Gasteiger partial charge in [-0.15, -0.1) is 0 Å². The Morgan fingerprint density at radius 3 is 1.25 bits per heavy atom. The van der Waals surface area contributed by atoms with E-state index < -0.39 is 0 Å². The molecule has 0 radical (unpaired) electrons. The standard InChI is InChI=1S/Al.Ba.Ca.O.5H. The van der Waals surface area contributed by atoms with Crippen LogP contribution >= 0.6 is 0 Å². The normalized spacial score (nSPS) is 0.750.